The zero-order chi connectivity index (χ0) is 12.5. The van der Waals surface area contributed by atoms with Gasteiger partial charge in [0.2, 0.25) is 0 Å². The second-order valence-electron chi connectivity index (χ2n) is 4.22. The van der Waals surface area contributed by atoms with Crippen LogP contribution in [0.25, 0.3) is 0 Å². The molecule has 0 atom stereocenters. The predicted octanol–water partition coefficient (Wildman–Crippen LogP) is 2.27. The van der Waals surface area contributed by atoms with E-state index in [2.05, 4.69) is 6.92 Å². The summed E-state index contributed by atoms with van der Waals surface area (Å²) in [7, 11) is -1.22. The second kappa shape index (κ2) is 8.15. The van der Waals surface area contributed by atoms with Crippen molar-refractivity contribution in [3.05, 3.63) is 29.8 Å². The van der Waals surface area contributed by atoms with Gasteiger partial charge in [-0.3, -0.25) is 0 Å². The number of aryl methyl sites for hydroxylation is 1. The van der Waals surface area contributed by atoms with Gasteiger partial charge < -0.3 is 14.8 Å². The Hall–Kier alpha value is -0.995. The molecule has 0 radical (unpaired) electrons. The van der Waals surface area contributed by atoms with Gasteiger partial charge in [0.25, 0.3) is 0 Å². The molecular weight excluding hydrogens is 215 g/mol. The van der Waals surface area contributed by atoms with E-state index in [1.807, 2.05) is 24.3 Å². The van der Waals surface area contributed by atoms with Crippen molar-refractivity contribution in [3.8, 4) is 5.75 Å². The molecule has 2 N–H and O–H groups in total. The average molecular weight is 236 g/mol. The molecule has 0 aliphatic rings. The Balaban J connectivity index is 2.29. The molecule has 0 aliphatic heterocycles. The highest BCUT2D eigenvalue weighted by Gasteiger charge is 2.06. The van der Waals surface area contributed by atoms with Crippen molar-refractivity contribution in [2.45, 2.75) is 38.9 Å². The average Bonchev–Trinajstić information content (AvgIpc) is 2.33. The van der Waals surface area contributed by atoms with Crippen LogP contribution in [0.3, 0.4) is 0 Å². The third-order valence-corrected chi connectivity index (χ3v) is 2.63. The molecular formula is C13H21BO3. The molecule has 1 aromatic carbocycles. The first-order valence-corrected chi connectivity index (χ1v) is 6.30. The molecule has 0 spiro atoms. The van der Waals surface area contributed by atoms with Gasteiger partial charge in [-0.15, -0.1) is 0 Å². The Morgan fingerprint density at radius 1 is 1.12 bits per heavy atom. The molecule has 0 heterocycles. The van der Waals surface area contributed by atoms with E-state index in [1.54, 1.807) is 0 Å². The Labute approximate surface area is 104 Å². The topological polar surface area (TPSA) is 49.7 Å². The number of hydrogen-bond donors (Lipinski definition) is 2. The SMILES string of the molecule is CCCCCOc1ccc(CCB(O)O)cc1. The molecule has 4 heteroatoms. The largest absolute Gasteiger partial charge is 0.494 e. The first-order valence-electron chi connectivity index (χ1n) is 6.30. The standard InChI is InChI=1S/C13H21BO3/c1-2-3-4-11-17-13-7-5-12(6-8-13)9-10-14(15)16/h5-8,15-16H,2-4,9-11H2,1H3. The number of benzene rings is 1. The lowest BCUT2D eigenvalue weighted by Gasteiger charge is -2.06. The Bertz CT molecular complexity index is 298. The lowest BCUT2D eigenvalue weighted by Crippen LogP contribution is -2.11. The highest BCUT2D eigenvalue weighted by molar-refractivity contribution is 6.40. The normalized spacial score (nSPS) is 10.3. The van der Waals surface area contributed by atoms with Gasteiger partial charge >= 0.3 is 7.12 Å². The van der Waals surface area contributed by atoms with Crippen molar-refractivity contribution in [1.29, 1.82) is 0 Å². The fraction of sp³-hybridized carbons (Fsp3) is 0.538. The fourth-order valence-electron chi connectivity index (χ4n) is 1.59. The zero-order valence-electron chi connectivity index (χ0n) is 10.4. The Morgan fingerprint density at radius 3 is 2.41 bits per heavy atom. The maximum atomic E-state index is 8.77. The van der Waals surface area contributed by atoms with Crippen LogP contribution in [0.1, 0.15) is 31.7 Å². The smallest absolute Gasteiger partial charge is 0.451 e. The van der Waals surface area contributed by atoms with Gasteiger partial charge in [0, 0.05) is 0 Å². The van der Waals surface area contributed by atoms with Gasteiger partial charge in [-0.2, -0.15) is 0 Å². The summed E-state index contributed by atoms with van der Waals surface area (Å²) in [6.45, 7) is 2.94. The molecule has 0 aromatic heterocycles. The van der Waals surface area contributed by atoms with Crippen LogP contribution in [0.4, 0.5) is 0 Å². The van der Waals surface area contributed by atoms with Crippen LogP contribution in [0.2, 0.25) is 6.32 Å². The van der Waals surface area contributed by atoms with Crippen molar-refractivity contribution < 1.29 is 14.8 Å². The van der Waals surface area contributed by atoms with Gasteiger partial charge in [0.05, 0.1) is 6.61 Å². The van der Waals surface area contributed by atoms with E-state index in [9.17, 15) is 0 Å². The number of hydrogen-bond acceptors (Lipinski definition) is 3. The molecule has 0 aliphatic carbocycles. The van der Waals surface area contributed by atoms with Crippen LogP contribution in [-0.4, -0.2) is 23.8 Å². The van der Waals surface area contributed by atoms with Crippen LogP contribution in [0.5, 0.6) is 5.75 Å². The molecule has 0 fully saturated rings. The minimum atomic E-state index is -1.22. The molecule has 94 valence electrons. The summed E-state index contributed by atoms with van der Waals surface area (Å²) < 4.78 is 5.59. The number of rotatable bonds is 8. The quantitative estimate of drug-likeness (QED) is 0.537. The monoisotopic (exact) mass is 236 g/mol. The van der Waals surface area contributed by atoms with Crippen LogP contribution >= 0.6 is 0 Å². The van der Waals surface area contributed by atoms with Crippen LogP contribution in [0.15, 0.2) is 24.3 Å². The molecule has 1 rings (SSSR count). The third kappa shape index (κ3) is 6.34. The number of ether oxygens (including phenoxy) is 1. The molecule has 3 nitrogen and oxygen atoms in total. The lowest BCUT2D eigenvalue weighted by molar-refractivity contribution is 0.306. The van der Waals surface area contributed by atoms with Gasteiger partial charge in [-0.05, 0) is 36.9 Å². The molecule has 0 saturated carbocycles. The van der Waals surface area contributed by atoms with Crippen molar-refractivity contribution in [1.82, 2.24) is 0 Å². The maximum absolute atomic E-state index is 8.77. The predicted molar refractivity (Wildman–Crippen MR) is 70.2 cm³/mol. The maximum Gasteiger partial charge on any atom is 0.451 e. The minimum Gasteiger partial charge on any atom is -0.494 e. The summed E-state index contributed by atoms with van der Waals surface area (Å²) in [5.74, 6) is 0.884. The van der Waals surface area contributed by atoms with E-state index < -0.39 is 7.12 Å². The van der Waals surface area contributed by atoms with E-state index in [0.717, 1.165) is 24.3 Å². The molecule has 1 aromatic rings. The Kier molecular flexibility index (Phi) is 6.74. The van der Waals surface area contributed by atoms with Gasteiger partial charge in [-0.25, -0.2) is 0 Å². The summed E-state index contributed by atoms with van der Waals surface area (Å²) in [5.41, 5.74) is 1.10. The fourth-order valence-corrected chi connectivity index (χ4v) is 1.59. The summed E-state index contributed by atoms with van der Waals surface area (Å²) in [6.07, 6.45) is 4.54. The number of unbranched alkanes of at least 4 members (excludes halogenated alkanes) is 2. The van der Waals surface area contributed by atoms with Crippen LogP contribution in [-0.2, 0) is 6.42 Å². The summed E-state index contributed by atoms with van der Waals surface area (Å²) in [6, 6.07) is 7.81. The Morgan fingerprint density at radius 2 is 1.82 bits per heavy atom. The van der Waals surface area contributed by atoms with Gasteiger partial charge in [-0.1, -0.05) is 31.9 Å². The molecule has 0 bridgehead atoms. The molecule has 0 unspecified atom stereocenters. The van der Waals surface area contributed by atoms with Crippen LogP contribution < -0.4 is 4.74 Å². The van der Waals surface area contributed by atoms with Crippen molar-refractivity contribution in [2.75, 3.05) is 6.61 Å². The first-order chi connectivity index (χ1) is 8.22. The summed E-state index contributed by atoms with van der Waals surface area (Å²) in [4.78, 5) is 0. The molecule has 0 saturated heterocycles. The van der Waals surface area contributed by atoms with Crippen molar-refractivity contribution in [2.24, 2.45) is 0 Å². The van der Waals surface area contributed by atoms with Gasteiger partial charge in [0.1, 0.15) is 5.75 Å². The highest BCUT2D eigenvalue weighted by Crippen LogP contribution is 2.14. The van der Waals surface area contributed by atoms with E-state index >= 15 is 0 Å². The van der Waals surface area contributed by atoms with Crippen molar-refractivity contribution in [3.63, 3.8) is 0 Å². The zero-order valence-corrected chi connectivity index (χ0v) is 10.4. The van der Waals surface area contributed by atoms with E-state index in [4.69, 9.17) is 14.8 Å². The second-order valence-corrected chi connectivity index (χ2v) is 4.22. The van der Waals surface area contributed by atoms with E-state index in [-0.39, 0.29) is 0 Å². The third-order valence-electron chi connectivity index (χ3n) is 2.63. The lowest BCUT2D eigenvalue weighted by atomic mass is 9.83. The van der Waals surface area contributed by atoms with Gasteiger partial charge in [0.15, 0.2) is 0 Å². The van der Waals surface area contributed by atoms with E-state index in [1.165, 1.54) is 12.8 Å². The molecule has 17 heavy (non-hydrogen) atoms. The summed E-state index contributed by atoms with van der Waals surface area (Å²) >= 11 is 0. The molecule has 0 amide bonds. The van der Waals surface area contributed by atoms with Crippen molar-refractivity contribution >= 4 is 7.12 Å². The first kappa shape index (κ1) is 14.1. The van der Waals surface area contributed by atoms with E-state index in [0.29, 0.717) is 12.7 Å². The summed E-state index contributed by atoms with van der Waals surface area (Å²) in [5, 5.41) is 17.5. The minimum absolute atomic E-state index is 0.372. The highest BCUT2D eigenvalue weighted by atomic mass is 16.5. The van der Waals surface area contributed by atoms with Crippen LogP contribution in [0, 0.1) is 0 Å².